The van der Waals surface area contributed by atoms with Gasteiger partial charge in [-0.1, -0.05) is 0 Å². The van der Waals surface area contributed by atoms with Gasteiger partial charge < -0.3 is 18.1 Å². The third-order valence-corrected chi connectivity index (χ3v) is 0.976. The molecular weight excluding hydrogens is 195 g/mol. The van der Waals surface area contributed by atoms with Crippen LogP contribution in [-0.4, -0.2) is 18.7 Å². The summed E-state index contributed by atoms with van der Waals surface area (Å²) in [5.74, 6) is 3.21. The van der Waals surface area contributed by atoms with Gasteiger partial charge in [0.25, 0.3) is 0 Å². The van der Waals surface area contributed by atoms with Crippen LogP contribution in [0.25, 0.3) is 0 Å². The van der Waals surface area contributed by atoms with E-state index in [4.69, 9.17) is 5.11 Å². The van der Waals surface area contributed by atoms with Crippen LogP contribution in [-0.2, 0) is 0 Å². The van der Waals surface area contributed by atoms with Crippen LogP contribution >= 0.6 is 0 Å². The van der Waals surface area contributed by atoms with Gasteiger partial charge in [0.2, 0.25) is 0 Å². The molecule has 0 aromatic carbocycles. The molecular formula is C6H9BF3KO. The molecule has 0 aliphatic heterocycles. The van der Waals surface area contributed by atoms with Crippen molar-refractivity contribution in [1.29, 1.82) is 0 Å². The molecule has 12 heavy (non-hydrogen) atoms. The first-order valence-electron chi connectivity index (χ1n) is 3.36. The molecule has 0 atom stereocenters. The number of unbranched alkanes of at least 4 members (excludes halogenated alkanes) is 2. The van der Waals surface area contributed by atoms with Crippen LogP contribution in [0.15, 0.2) is 0 Å². The molecule has 1 nitrogen and oxygen atoms in total. The van der Waals surface area contributed by atoms with E-state index < -0.39 is 6.98 Å². The molecule has 0 rings (SSSR count). The maximum atomic E-state index is 11.4. The normalized spacial score (nSPS) is 9.67. The Kier molecular flexibility index (Phi) is 11.1. The predicted octanol–water partition coefficient (Wildman–Crippen LogP) is -1.46. The van der Waals surface area contributed by atoms with Gasteiger partial charge in [0.1, 0.15) is 0 Å². The predicted molar refractivity (Wildman–Crippen MR) is 37.8 cm³/mol. The Morgan fingerprint density at radius 2 is 1.75 bits per heavy atom. The Morgan fingerprint density at radius 3 is 2.17 bits per heavy atom. The van der Waals surface area contributed by atoms with Crippen LogP contribution in [0.1, 0.15) is 19.3 Å². The van der Waals surface area contributed by atoms with Gasteiger partial charge in [-0.2, -0.15) is 0 Å². The van der Waals surface area contributed by atoms with Crippen molar-refractivity contribution in [2.45, 2.75) is 19.3 Å². The van der Waals surface area contributed by atoms with Crippen LogP contribution < -0.4 is 51.4 Å². The third kappa shape index (κ3) is 13.6. The van der Waals surface area contributed by atoms with Gasteiger partial charge in [0.05, 0.1) is 0 Å². The van der Waals surface area contributed by atoms with Crippen molar-refractivity contribution < 1.29 is 69.4 Å². The molecule has 0 saturated heterocycles. The molecule has 1 N–H and O–H groups in total. The summed E-state index contributed by atoms with van der Waals surface area (Å²) in [7, 11) is 0. The number of aliphatic hydroxyl groups is 1. The molecule has 64 valence electrons. The van der Waals surface area contributed by atoms with Crippen LogP contribution in [0, 0.1) is 11.7 Å². The first-order valence-corrected chi connectivity index (χ1v) is 3.36. The largest absolute Gasteiger partial charge is 1.00 e. The summed E-state index contributed by atoms with van der Waals surface area (Å²) in [5, 5.41) is 8.26. The molecule has 0 amide bonds. The Bertz CT molecular complexity index is 160. The van der Waals surface area contributed by atoms with E-state index in [1.54, 1.807) is 0 Å². The summed E-state index contributed by atoms with van der Waals surface area (Å²) in [6.45, 7) is -4.93. The summed E-state index contributed by atoms with van der Waals surface area (Å²) in [5.41, 5.74) is 0. The average Bonchev–Trinajstić information content (AvgIpc) is 1.85. The number of hydrogen-bond donors (Lipinski definition) is 1. The van der Waals surface area contributed by atoms with E-state index in [0.29, 0.717) is 12.8 Å². The van der Waals surface area contributed by atoms with E-state index in [9.17, 15) is 12.9 Å². The monoisotopic (exact) mass is 204 g/mol. The quantitative estimate of drug-likeness (QED) is 0.338. The zero-order valence-electron chi connectivity index (χ0n) is 6.99. The average molecular weight is 204 g/mol. The summed E-state index contributed by atoms with van der Waals surface area (Å²) in [6, 6.07) is 0. The first-order chi connectivity index (χ1) is 5.06. The molecule has 0 aromatic heterocycles. The Morgan fingerprint density at radius 1 is 1.17 bits per heavy atom. The summed E-state index contributed by atoms with van der Waals surface area (Å²) < 4.78 is 34.2. The van der Waals surface area contributed by atoms with Crippen molar-refractivity contribution in [3.63, 3.8) is 0 Å². The van der Waals surface area contributed by atoms with Gasteiger partial charge in [0.15, 0.2) is 0 Å². The maximum absolute atomic E-state index is 11.4. The second-order valence-electron chi connectivity index (χ2n) is 2.08. The summed E-state index contributed by atoms with van der Waals surface area (Å²) in [6.07, 6.45) is 1.25. The summed E-state index contributed by atoms with van der Waals surface area (Å²) >= 11 is 0. The Balaban J connectivity index is 0. The minimum Gasteiger partial charge on any atom is -0.438 e. The molecule has 0 saturated carbocycles. The van der Waals surface area contributed by atoms with Crippen LogP contribution in [0.5, 0.6) is 0 Å². The molecule has 0 radical (unpaired) electrons. The molecule has 0 bridgehead atoms. The van der Waals surface area contributed by atoms with Crippen molar-refractivity contribution >= 4 is 6.98 Å². The number of rotatable bonds is 3. The fraction of sp³-hybridized carbons (Fsp3) is 0.667. The van der Waals surface area contributed by atoms with Crippen molar-refractivity contribution in [3.8, 4) is 11.7 Å². The number of halogens is 3. The molecule has 0 heterocycles. The zero-order chi connectivity index (χ0) is 8.74. The summed E-state index contributed by atoms with van der Waals surface area (Å²) in [4.78, 5) is 0. The maximum Gasteiger partial charge on any atom is 1.00 e. The van der Waals surface area contributed by atoms with Crippen LogP contribution in [0.3, 0.4) is 0 Å². The molecule has 6 heteroatoms. The van der Waals surface area contributed by atoms with Gasteiger partial charge in [-0.05, 0) is 12.8 Å². The van der Waals surface area contributed by atoms with Gasteiger partial charge in [0, 0.05) is 13.0 Å². The van der Waals surface area contributed by atoms with Crippen LogP contribution in [0.4, 0.5) is 12.9 Å². The van der Waals surface area contributed by atoms with E-state index in [0.717, 1.165) is 0 Å². The molecule has 0 aliphatic carbocycles. The Labute approximate surface area is 113 Å². The van der Waals surface area contributed by atoms with E-state index >= 15 is 0 Å². The van der Waals surface area contributed by atoms with Crippen molar-refractivity contribution in [3.05, 3.63) is 0 Å². The minimum absolute atomic E-state index is 0. The number of aliphatic hydroxyl groups excluding tert-OH is 1. The topological polar surface area (TPSA) is 20.2 Å². The third-order valence-electron chi connectivity index (χ3n) is 0.976. The number of hydrogen-bond acceptors (Lipinski definition) is 1. The Hall–Kier alpha value is 1.01. The first kappa shape index (κ1) is 15.5. The van der Waals surface area contributed by atoms with E-state index in [2.05, 4.69) is 0 Å². The molecule has 0 aromatic rings. The molecule has 0 fully saturated rings. The van der Waals surface area contributed by atoms with E-state index in [-0.39, 0.29) is 64.4 Å². The van der Waals surface area contributed by atoms with Crippen molar-refractivity contribution in [2.24, 2.45) is 0 Å². The van der Waals surface area contributed by atoms with Gasteiger partial charge in [-0.15, -0.1) is 5.92 Å². The second-order valence-corrected chi connectivity index (χ2v) is 2.08. The van der Waals surface area contributed by atoms with Crippen molar-refractivity contribution in [2.75, 3.05) is 6.61 Å². The van der Waals surface area contributed by atoms with Crippen molar-refractivity contribution in [1.82, 2.24) is 0 Å². The van der Waals surface area contributed by atoms with Gasteiger partial charge in [-0.3, -0.25) is 0 Å². The SMILES string of the molecule is OCCCCC#C[B-](F)(F)F.[K+]. The molecule has 0 unspecified atom stereocenters. The fourth-order valence-corrected chi connectivity index (χ4v) is 0.513. The smallest absolute Gasteiger partial charge is 0.438 e. The molecule has 0 aliphatic rings. The second kappa shape index (κ2) is 8.60. The molecule has 0 spiro atoms. The van der Waals surface area contributed by atoms with Crippen LogP contribution in [0.2, 0.25) is 0 Å². The zero-order valence-corrected chi connectivity index (χ0v) is 10.1. The van der Waals surface area contributed by atoms with E-state index in [1.165, 1.54) is 5.82 Å². The van der Waals surface area contributed by atoms with Gasteiger partial charge >= 0.3 is 58.4 Å². The van der Waals surface area contributed by atoms with E-state index in [1.807, 2.05) is 5.92 Å². The van der Waals surface area contributed by atoms with Gasteiger partial charge in [-0.25, -0.2) is 5.82 Å². The minimum atomic E-state index is -4.95. The fourth-order valence-electron chi connectivity index (χ4n) is 0.513. The standard InChI is InChI=1S/C6H9BF3O.K/c8-7(9,10)5-3-1-2-4-6-11;/h11H,1-2,4,6H2;/q-1;+1.